The minimum Gasteiger partial charge on any atom is -0.316 e. The van der Waals surface area contributed by atoms with E-state index in [0.29, 0.717) is 15.4 Å². The lowest BCUT2D eigenvalue weighted by Crippen LogP contribution is -2.44. The molecule has 1 saturated heterocycles. The second-order valence-electron chi connectivity index (χ2n) is 5.09. The summed E-state index contributed by atoms with van der Waals surface area (Å²) in [5, 5.41) is 3.79. The van der Waals surface area contributed by atoms with Gasteiger partial charge in [0.2, 0.25) is 10.0 Å². The van der Waals surface area contributed by atoms with Crippen molar-refractivity contribution in [3.8, 4) is 0 Å². The second kappa shape index (κ2) is 8.13. The molecule has 120 valence electrons. The van der Waals surface area contributed by atoms with Gasteiger partial charge in [0.1, 0.15) is 0 Å². The normalized spacial score (nSPS) is 20.6. The van der Waals surface area contributed by atoms with Crippen LogP contribution in [0.15, 0.2) is 27.6 Å². The maximum Gasteiger partial charge on any atom is 0.240 e. The van der Waals surface area contributed by atoms with E-state index in [1.807, 2.05) is 6.92 Å². The van der Waals surface area contributed by atoms with Crippen LogP contribution in [0.1, 0.15) is 19.8 Å². The first-order valence-electron chi connectivity index (χ1n) is 6.58. The molecule has 2 unspecified atom stereocenters. The highest BCUT2D eigenvalue weighted by Gasteiger charge is 2.25. The molecule has 0 saturated carbocycles. The Hall–Kier alpha value is 0.150. The van der Waals surface area contributed by atoms with Crippen LogP contribution < -0.4 is 10.0 Å². The van der Waals surface area contributed by atoms with Gasteiger partial charge >= 0.3 is 0 Å². The maximum absolute atomic E-state index is 12.4. The van der Waals surface area contributed by atoms with E-state index in [-0.39, 0.29) is 23.3 Å². The Morgan fingerprint density at radius 2 is 2.19 bits per heavy atom. The summed E-state index contributed by atoms with van der Waals surface area (Å²) in [6.07, 6.45) is 2.13. The molecule has 1 aromatic rings. The van der Waals surface area contributed by atoms with Crippen LogP contribution in [0.4, 0.5) is 0 Å². The molecule has 2 rings (SSSR count). The summed E-state index contributed by atoms with van der Waals surface area (Å²) < 4.78 is 28.0. The molecular weight excluding hydrogens is 399 g/mol. The van der Waals surface area contributed by atoms with E-state index in [1.165, 1.54) is 12.1 Å². The Balaban J connectivity index is 0.00000220. The van der Waals surface area contributed by atoms with Crippen molar-refractivity contribution in [3.05, 3.63) is 27.7 Å². The molecule has 0 spiro atoms. The van der Waals surface area contributed by atoms with E-state index in [9.17, 15) is 8.42 Å². The first kappa shape index (κ1) is 19.2. The second-order valence-corrected chi connectivity index (χ2v) is 8.07. The third-order valence-electron chi connectivity index (χ3n) is 3.58. The van der Waals surface area contributed by atoms with Crippen LogP contribution in [0, 0.1) is 5.92 Å². The van der Waals surface area contributed by atoms with Crippen LogP contribution in [0.25, 0.3) is 0 Å². The van der Waals surface area contributed by atoms with E-state index < -0.39 is 10.0 Å². The molecule has 1 aliphatic heterocycles. The van der Waals surface area contributed by atoms with Gasteiger partial charge in [-0.1, -0.05) is 11.6 Å². The first-order chi connectivity index (χ1) is 9.40. The zero-order chi connectivity index (χ0) is 14.8. The van der Waals surface area contributed by atoms with E-state index >= 15 is 0 Å². The van der Waals surface area contributed by atoms with Crippen LogP contribution >= 0.6 is 39.9 Å². The van der Waals surface area contributed by atoms with Crippen molar-refractivity contribution in [1.82, 2.24) is 10.0 Å². The van der Waals surface area contributed by atoms with E-state index in [0.717, 1.165) is 25.9 Å². The van der Waals surface area contributed by atoms with Crippen LogP contribution in [0.5, 0.6) is 0 Å². The molecule has 0 bridgehead atoms. The Morgan fingerprint density at radius 1 is 1.48 bits per heavy atom. The number of rotatable bonds is 4. The predicted molar refractivity (Wildman–Crippen MR) is 91.8 cm³/mol. The molecule has 2 atom stereocenters. The number of piperidine rings is 1. The van der Waals surface area contributed by atoms with E-state index in [2.05, 4.69) is 26.0 Å². The summed E-state index contributed by atoms with van der Waals surface area (Å²) in [4.78, 5) is 0.226. The molecule has 1 fully saturated rings. The smallest absolute Gasteiger partial charge is 0.240 e. The molecular formula is C13H19BrCl2N2O2S. The van der Waals surface area contributed by atoms with Gasteiger partial charge in [-0.2, -0.15) is 0 Å². The molecule has 0 radical (unpaired) electrons. The van der Waals surface area contributed by atoms with E-state index in [1.54, 1.807) is 6.07 Å². The molecule has 4 nitrogen and oxygen atoms in total. The van der Waals surface area contributed by atoms with Crippen LogP contribution in [0.3, 0.4) is 0 Å². The number of nitrogens with one attached hydrogen (secondary N) is 2. The van der Waals surface area contributed by atoms with Gasteiger partial charge in [-0.25, -0.2) is 13.1 Å². The minimum absolute atomic E-state index is 0. The van der Waals surface area contributed by atoms with Crippen molar-refractivity contribution in [1.29, 1.82) is 0 Å². The highest BCUT2D eigenvalue weighted by molar-refractivity contribution is 9.10. The average Bonchev–Trinajstić information content (AvgIpc) is 2.42. The highest BCUT2D eigenvalue weighted by Crippen LogP contribution is 2.26. The molecule has 1 aliphatic rings. The molecule has 0 aliphatic carbocycles. The predicted octanol–water partition coefficient (Wildman–Crippen LogP) is 3.19. The Bertz CT molecular complexity index is 578. The van der Waals surface area contributed by atoms with Gasteiger partial charge in [0.05, 0.1) is 9.92 Å². The number of halogens is 3. The Kier molecular flexibility index (Phi) is 7.43. The summed E-state index contributed by atoms with van der Waals surface area (Å²) in [6.45, 7) is 3.79. The van der Waals surface area contributed by atoms with Gasteiger partial charge in [0.15, 0.2) is 0 Å². The maximum atomic E-state index is 12.4. The summed E-state index contributed by atoms with van der Waals surface area (Å²) in [7, 11) is -3.51. The number of sulfonamides is 1. The van der Waals surface area contributed by atoms with Gasteiger partial charge in [-0.15, -0.1) is 12.4 Å². The number of hydrogen-bond acceptors (Lipinski definition) is 3. The fourth-order valence-electron chi connectivity index (χ4n) is 2.36. The summed E-state index contributed by atoms with van der Waals surface area (Å²) in [6, 6.07) is 4.52. The monoisotopic (exact) mass is 416 g/mol. The van der Waals surface area contributed by atoms with Gasteiger partial charge in [-0.3, -0.25) is 0 Å². The Morgan fingerprint density at radius 3 is 2.76 bits per heavy atom. The third-order valence-corrected chi connectivity index (χ3v) is 6.36. The zero-order valence-electron chi connectivity index (χ0n) is 11.6. The largest absolute Gasteiger partial charge is 0.316 e. The van der Waals surface area contributed by atoms with Crippen molar-refractivity contribution < 1.29 is 8.42 Å². The van der Waals surface area contributed by atoms with E-state index in [4.69, 9.17) is 11.6 Å². The third kappa shape index (κ3) is 5.08. The van der Waals surface area contributed by atoms with Crippen LogP contribution in [-0.2, 0) is 10.0 Å². The van der Waals surface area contributed by atoms with Gasteiger partial charge in [0, 0.05) is 10.5 Å². The highest BCUT2D eigenvalue weighted by atomic mass is 79.9. The van der Waals surface area contributed by atoms with Gasteiger partial charge < -0.3 is 5.32 Å². The molecule has 0 amide bonds. The lowest BCUT2D eigenvalue weighted by Gasteiger charge is -2.28. The van der Waals surface area contributed by atoms with Crippen LogP contribution in [0.2, 0.25) is 5.02 Å². The lowest BCUT2D eigenvalue weighted by atomic mass is 9.94. The van der Waals surface area contributed by atoms with Gasteiger partial charge in [-0.05, 0) is 72.9 Å². The molecule has 1 heterocycles. The van der Waals surface area contributed by atoms with Crippen molar-refractivity contribution in [2.45, 2.75) is 30.7 Å². The lowest BCUT2D eigenvalue weighted by molar-refractivity contribution is 0.320. The fraction of sp³-hybridized carbons (Fsp3) is 0.538. The zero-order valence-corrected chi connectivity index (χ0v) is 15.6. The summed E-state index contributed by atoms with van der Waals surface area (Å²) in [5.41, 5.74) is 0. The fourth-order valence-corrected chi connectivity index (χ4v) is 4.34. The standard InChI is InChI=1S/C13H18BrClN2O2S.ClH/c1-9(10-3-2-6-16-8-10)17-20(18,19)11-4-5-13(15)12(14)7-11;/h4-5,7,9-10,16-17H,2-3,6,8H2,1H3;1H. The van der Waals surface area contributed by atoms with Crippen molar-refractivity contribution in [2.75, 3.05) is 13.1 Å². The molecule has 1 aromatic carbocycles. The van der Waals surface area contributed by atoms with Crippen LogP contribution in [-0.4, -0.2) is 27.5 Å². The van der Waals surface area contributed by atoms with Crippen molar-refractivity contribution in [3.63, 3.8) is 0 Å². The number of hydrogen-bond donors (Lipinski definition) is 2. The molecule has 8 heteroatoms. The SMILES string of the molecule is CC(NS(=O)(=O)c1ccc(Cl)c(Br)c1)C1CCCNC1.Cl. The first-order valence-corrected chi connectivity index (χ1v) is 9.23. The quantitative estimate of drug-likeness (QED) is 0.790. The molecule has 0 aromatic heterocycles. The van der Waals surface area contributed by atoms with Gasteiger partial charge in [0.25, 0.3) is 0 Å². The number of benzene rings is 1. The average molecular weight is 418 g/mol. The van der Waals surface area contributed by atoms with Crippen molar-refractivity contribution >= 4 is 50.0 Å². The summed E-state index contributed by atoms with van der Waals surface area (Å²) in [5.74, 6) is 0.328. The Labute approximate surface area is 145 Å². The summed E-state index contributed by atoms with van der Waals surface area (Å²) >= 11 is 9.14. The topological polar surface area (TPSA) is 58.2 Å². The molecule has 2 N–H and O–H groups in total. The van der Waals surface area contributed by atoms with Crippen molar-refractivity contribution in [2.24, 2.45) is 5.92 Å². The minimum atomic E-state index is -3.51. The molecule has 21 heavy (non-hydrogen) atoms.